The molecule has 1 saturated heterocycles. The Balaban J connectivity index is 1.71. The molecular weight excluding hydrogens is 318 g/mol. The van der Waals surface area contributed by atoms with Gasteiger partial charge in [0.1, 0.15) is 5.69 Å². The van der Waals surface area contributed by atoms with Crippen LogP contribution in [0.3, 0.4) is 0 Å². The first kappa shape index (κ1) is 17.6. The van der Waals surface area contributed by atoms with Crippen molar-refractivity contribution in [2.24, 2.45) is 0 Å². The van der Waals surface area contributed by atoms with E-state index in [9.17, 15) is 0 Å². The highest BCUT2D eigenvalue weighted by Gasteiger charge is 2.25. The highest BCUT2D eigenvalue weighted by molar-refractivity contribution is 5.42. The minimum absolute atomic E-state index is 0.359. The molecule has 0 radical (unpaired) electrons. The Morgan fingerprint density at radius 2 is 1.76 bits per heavy atom. The van der Waals surface area contributed by atoms with Crippen LogP contribution in [0.25, 0.3) is 0 Å². The Morgan fingerprint density at radius 3 is 2.48 bits per heavy atom. The predicted octanol–water partition coefficient (Wildman–Crippen LogP) is 3.10. The molecule has 6 nitrogen and oxygen atoms in total. The van der Waals surface area contributed by atoms with Crippen molar-refractivity contribution in [1.29, 1.82) is 0 Å². The van der Waals surface area contributed by atoms with Crippen molar-refractivity contribution in [3.05, 3.63) is 42.4 Å². The fourth-order valence-corrected chi connectivity index (χ4v) is 3.15. The zero-order valence-corrected chi connectivity index (χ0v) is 14.9. The summed E-state index contributed by atoms with van der Waals surface area (Å²) >= 11 is 0. The summed E-state index contributed by atoms with van der Waals surface area (Å²) in [6, 6.07) is 7.59. The summed E-state index contributed by atoms with van der Waals surface area (Å²) in [4.78, 5) is 11.4. The molecule has 1 aromatic heterocycles. The summed E-state index contributed by atoms with van der Waals surface area (Å²) in [5.74, 6) is 2.28. The second kappa shape index (κ2) is 8.78. The van der Waals surface area contributed by atoms with Crippen LogP contribution in [0, 0.1) is 0 Å². The predicted molar refractivity (Wildman–Crippen MR) is 95.4 cm³/mol. The molecule has 0 aliphatic carbocycles. The largest absolute Gasteiger partial charge is 0.493 e. The third kappa shape index (κ3) is 4.46. The van der Waals surface area contributed by atoms with Crippen molar-refractivity contribution >= 4 is 0 Å². The third-order valence-electron chi connectivity index (χ3n) is 4.55. The molecule has 1 aliphatic rings. The van der Waals surface area contributed by atoms with Gasteiger partial charge < -0.3 is 19.1 Å². The SMILES string of the molecule is COCCN1CCC(c2nccnc2Oc2ccccc2OC)CC1. The van der Waals surface area contributed by atoms with E-state index >= 15 is 0 Å². The van der Waals surface area contributed by atoms with Crippen LogP contribution in [0.4, 0.5) is 0 Å². The fourth-order valence-electron chi connectivity index (χ4n) is 3.15. The number of benzene rings is 1. The Bertz CT molecular complexity index is 672. The Labute approximate surface area is 148 Å². The summed E-state index contributed by atoms with van der Waals surface area (Å²) in [5.41, 5.74) is 0.930. The second-order valence-corrected chi connectivity index (χ2v) is 6.11. The topological polar surface area (TPSA) is 56.7 Å². The lowest BCUT2D eigenvalue weighted by molar-refractivity contribution is 0.129. The second-order valence-electron chi connectivity index (χ2n) is 6.11. The average Bonchev–Trinajstić information content (AvgIpc) is 2.68. The zero-order valence-electron chi connectivity index (χ0n) is 14.9. The van der Waals surface area contributed by atoms with E-state index in [2.05, 4.69) is 14.9 Å². The van der Waals surface area contributed by atoms with Gasteiger partial charge in [-0.2, -0.15) is 0 Å². The lowest BCUT2D eigenvalue weighted by atomic mass is 9.93. The van der Waals surface area contributed by atoms with Gasteiger partial charge in [-0.25, -0.2) is 4.98 Å². The third-order valence-corrected chi connectivity index (χ3v) is 4.55. The first-order chi connectivity index (χ1) is 12.3. The maximum absolute atomic E-state index is 6.04. The summed E-state index contributed by atoms with van der Waals surface area (Å²) in [6.45, 7) is 3.84. The van der Waals surface area contributed by atoms with Gasteiger partial charge in [-0.1, -0.05) is 12.1 Å². The first-order valence-corrected chi connectivity index (χ1v) is 8.65. The number of rotatable bonds is 7. The maximum Gasteiger partial charge on any atom is 0.241 e. The molecule has 0 amide bonds. The van der Waals surface area contributed by atoms with Crippen molar-refractivity contribution in [3.63, 3.8) is 0 Å². The highest BCUT2D eigenvalue weighted by atomic mass is 16.5. The van der Waals surface area contributed by atoms with Crippen molar-refractivity contribution in [1.82, 2.24) is 14.9 Å². The molecule has 1 fully saturated rings. The smallest absolute Gasteiger partial charge is 0.241 e. The van der Waals surface area contributed by atoms with Gasteiger partial charge in [0.25, 0.3) is 0 Å². The van der Waals surface area contributed by atoms with Crippen LogP contribution >= 0.6 is 0 Å². The van der Waals surface area contributed by atoms with Crippen LogP contribution < -0.4 is 9.47 Å². The number of nitrogens with zero attached hydrogens (tertiary/aromatic N) is 3. The minimum Gasteiger partial charge on any atom is -0.493 e. The fraction of sp³-hybridized carbons (Fsp3) is 0.474. The molecule has 2 heterocycles. The molecule has 0 bridgehead atoms. The monoisotopic (exact) mass is 343 g/mol. The van der Waals surface area contributed by atoms with Gasteiger partial charge in [0.15, 0.2) is 11.5 Å². The average molecular weight is 343 g/mol. The van der Waals surface area contributed by atoms with Crippen LogP contribution in [0.15, 0.2) is 36.7 Å². The van der Waals surface area contributed by atoms with Gasteiger partial charge in [0, 0.05) is 32.0 Å². The minimum atomic E-state index is 0.359. The normalized spacial score (nSPS) is 15.9. The van der Waals surface area contributed by atoms with Crippen molar-refractivity contribution in [2.75, 3.05) is 40.5 Å². The summed E-state index contributed by atoms with van der Waals surface area (Å²) in [6.07, 6.45) is 5.50. The van der Waals surface area contributed by atoms with Crippen LogP contribution in [0.1, 0.15) is 24.5 Å². The van der Waals surface area contributed by atoms with E-state index in [0.717, 1.165) is 44.8 Å². The lowest BCUT2D eigenvalue weighted by Gasteiger charge is -2.31. The number of ether oxygens (including phenoxy) is 3. The molecule has 0 N–H and O–H groups in total. The number of piperidine rings is 1. The van der Waals surface area contributed by atoms with Crippen molar-refractivity contribution in [3.8, 4) is 17.4 Å². The first-order valence-electron chi connectivity index (χ1n) is 8.65. The number of hydrogen-bond donors (Lipinski definition) is 0. The number of likely N-dealkylation sites (tertiary alicyclic amines) is 1. The van der Waals surface area contributed by atoms with E-state index in [4.69, 9.17) is 14.2 Å². The molecule has 0 unspecified atom stereocenters. The van der Waals surface area contributed by atoms with E-state index in [1.807, 2.05) is 24.3 Å². The zero-order chi connectivity index (χ0) is 17.5. The Morgan fingerprint density at radius 1 is 1.04 bits per heavy atom. The van der Waals surface area contributed by atoms with Gasteiger partial charge in [0.05, 0.1) is 13.7 Å². The molecule has 3 rings (SSSR count). The molecule has 0 saturated carbocycles. The quantitative estimate of drug-likeness (QED) is 0.770. The van der Waals surface area contributed by atoms with Gasteiger partial charge in [-0.3, -0.25) is 4.98 Å². The molecule has 6 heteroatoms. The summed E-state index contributed by atoms with van der Waals surface area (Å²) in [7, 11) is 3.38. The van der Waals surface area contributed by atoms with Crippen LogP contribution in [0.5, 0.6) is 17.4 Å². The molecular formula is C19H25N3O3. The number of para-hydroxylation sites is 2. The van der Waals surface area contributed by atoms with Gasteiger partial charge in [-0.15, -0.1) is 0 Å². The van der Waals surface area contributed by atoms with Crippen molar-refractivity contribution in [2.45, 2.75) is 18.8 Å². The molecule has 1 aromatic carbocycles. The summed E-state index contributed by atoms with van der Waals surface area (Å²) in [5, 5.41) is 0. The summed E-state index contributed by atoms with van der Waals surface area (Å²) < 4.78 is 16.6. The lowest BCUT2D eigenvalue weighted by Crippen LogP contribution is -2.35. The highest BCUT2D eigenvalue weighted by Crippen LogP contribution is 2.36. The van der Waals surface area contributed by atoms with Gasteiger partial charge in [0.2, 0.25) is 5.88 Å². The molecule has 25 heavy (non-hydrogen) atoms. The Kier molecular flexibility index (Phi) is 6.19. The number of methoxy groups -OCH3 is 2. The van der Waals surface area contributed by atoms with E-state index in [1.165, 1.54) is 0 Å². The van der Waals surface area contributed by atoms with E-state index in [0.29, 0.717) is 23.3 Å². The maximum atomic E-state index is 6.04. The Hall–Kier alpha value is -2.18. The van der Waals surface area contributed by atoms with Crippen molar-refractivity contribution < 1.29 is 14.2 Å². The number of aromatic nitrogens is 2. The number of hydrogen-bond acceptors (Lipinski definition) is 6. The molecule has 134 valence electrons. The van der Waals surface area contributed by atoms with Crippen LogP contribution in [-0.4, -0.2) is 55.3 Å². The van der Waals surface area contributed by atoms with Gasteiger partial charge >= 0.3 is 0 Å². The molecule has 1 aliphatic heterocycles. The van der Waals surface area contributed by atoms with Crippen LogP contribution in [-0.2, 0) is 4.74 Å². The van der Waals surface area contributed by atoms with Gasteiger partial charge in [-0.05, 0) is 38.1 Å². The van der Waals surface area contributed by atoms with E-state index in [1.54, 1.807) is 26.6 Å². The van der Waals surface area contributed by atoms with E-state index in [-0.39, 0.29) is 0 Å². The van der Waals surface area contributed by atoms with Crippen LogP contribution in [0.2, 0.25) is 0 Å². The molecule has 0 spiro atoms. The van der Waals surface area contributed by atoms with E-state index < -0.39 is 0 Å². The molecule has 0 atom stereocenters. The standard InChI is InChI=1S/C19H25N3O3/c1-23-14-13-22-11-7-15(8-12-22)18-19(21-10-9-20-18)25-17-6-4-3-5-16(17)24-2/h3-6,9-10,15H,7-8,11-14H2,1-2H3. The molecule has 2 aromatic rings.